The number of imidazole rings is 1. The van der Waals surface area contributed by atoms with Gasteiger partial charge in [0.2, 0.25) is 11.7 Å². The lowest BCUT2D eigenvalue weighted by molar-refractivity contribution is -0.131. The highest BCUT2D eigenvalue weighted by atomic mass is 32.1. The largest absolute Gasteiger partial charge is 0.493 e. The summed E-state index contributed by atoms with van der Waals surface area (Å²) in [6.45, 7) is 3.51. The number of methoxy groups -OCH3 is 3. The van der Waals surface area contributed by atoms with Crippen LogP contribution in [0.3, 0.4) is 0 Å². The maximum Gasteiger partial charge on any atom is 0.227 e. The Hall–Kier alpha value is -2.74. The Morgan fingerprint density at radius 1 is 1.20 bits per heavy atom. The van der Waals surface area contributed by atoms with E-state index >= 15 is 0 Å². The number of aromatic nitrogens is 2. The Balaban J connectivity index is 1.52. The Labute approximate surface area is 180 Å². The minimum Gasteiger partial charge on any atom is -0.493 e. The van der Waals surface area contributed by atoms with Gasteiger partial charge in [-0.1, -0.05) is 0 Å². The van der Waals surface area contributed by atoms with Crippen molar-refractivity contribution >= 4 is 22.1 Å². The van der Waals surface area contributed by atoms with Gasteiger partial charge in [-0.25, -0.2) is 4.98 Å². The van der Waals surface area contributed by atoms with Crippen LogP contribution in [0.4, 0.5) is 0 Å². The Bertz CT molecular complexity index is 1030. The van der Waals surface area contributed by atoms with Gasteiger partial charge in [-0.05, 0) is 37.5 Å². The van der Waals surface area contributed by atoms with E-state index in [1.54, 1.807) is 32.7 Å². The van der Waals surface area contributed by atoms with Crippen LogP contribution in [0.15, 0.2) is 23.7 Å². The molecule has 4 rings (SSSR count). The van der Waals surface area contributed by atoms with Crippen LogP contribution in [-0.4, -0.2) is 54.6 Å². The number of rotatable bonds is 6. The maximum atomic E-state index is 13.1. The quantitative estimate of drug-likeness (QED) is 0.598. The van der Waals surface area contributed by atoms with Crippen LogP contribution in [0.2, 0.25) is 0 Å². The molecule has 160 valence electrons. The molecule has 0 aliphatic carbocycles. The first-order chi connectivity index (χ1) is 14.5. The predicted octanol–water partition coefficient (Wildman–Crippen LogP) is 3.68. The molecule has 0 N–H and O–H groups in total. The van der Waals surface area contributed by atoms with Crippen molar-refractivity contribution in [3.63, 3.8) is 0 Å². The van der Waals surface area contributed by atoms with Gasteiger partial charge in [0.05, 0.1) is 33.4 Å². The van der Waals surface area contributed by atoms with E-state index in [4.69, 9.17) is 19.2 Å². The number of carbonyl (C=O) groups excluding carboxylic acids is 1. The van der Waals surface area contributed by atoms with Gasteiger partial charge in [0.15, 0.2) is 11.5 Å². The zero-order valence-electron chi connectivity index (χ0n) is 17.8. The summed E-state index contributed by atoms with van der Waals surface area (Å²) in [5, 5.41) is 2.09. The van der Waals surface area contributed by atoms with E-state index in [0.29, 0.717) is 30.2 Å². The molecule has 1 unspecified atom stereocenters. The monoisotopic (exact) mass is 429 g/mol. The zero-order chi connectivity index (χ0) is 21.3. The predicted molar refractivity (Wildman–Crippen MR) is 116 cm³/mol. The molecule has 1 aromatic carbocycles. The molecule has 0 bridgehead atoms. The van der Waals surface area contributed by atoms with Gasteiger partial charge in [-0.3, -0.25) is 9.20 Å². The molecule has 1 atom stereocenters. The Kier molecular flexibility index (Phi) is 5.85. The number of piperidine rings is 1. The lowest BCUT2D eigenvalue weighted by Gasteiger charge is -2.32. The number of carbonyl (C=O) groups is 1. The van der Waals surface area contributed by atoms with Crippen LogP contribution < -0.4 is 14.2 Å². The van der Waals surface area contributed by atoms with E-state index in [1.165, 1.54) is 4.83 Å². The number of thiazole rings is 1. The third-order valence-electron chi connectivity index (χ3n) is 5.70. The molecular formula is C22H27N3O4S. The van der Waals surface area contributed by atoms with Crippen LogP contribution in [0.5, 0.6) is 17.2 Å². The molecule has 3 heterocycles. The normalized spacial score (nSPS) is 16.7. The molecule has 7 nitrogen and oxygen atoms in total. The molecule has 1 fully saturated rings. The fourth-order valence-corrected chi connectivity index (χ4v) is 5.16. The SMILES string of the molecule is COc1cc(CC(=O)N2CCCC(c3nc(C)n4ccsc34)C2)cc(OC)c1OC. The molecule has 0 saturated carbocycles. The van der Waals surface area contributed by atoms with Crippen LogP contribution in [0.25, 0.3) is 4.83 Å². The highest BCUT2D eigenvalue weighted by Crippen LogP contribution is 2.38. The van der Waals surface area contributed by atoms with Crippen molar-refractivity contribution in [1.82, 2.24) is 14.3 Å². The van der Waals surface area contributed by atoms with E-state index in [2.05, 4.69) is 16.0 Å². The van der Waals surface area contributed by atoms with E-state index in [1.807, 2.05) is 24.0 Å². The van der Waals surface area contributed by atoms with Gasteiger partial charge >= 0.3 is 0 Å². The van der Waals surface area contributed by atoms with Gasteiger partial charge in [-0.2, -0.15) is 0 Å². The lowest BCUT2D eigenvalue weighted by Crippen LogP contribution is -2.40. The average Bonchev–Trinajstić information content (AvgIpc) is 3.37. The number of ether oxygens (including phenoxy) is 3. The fraction of sp³-hybridized carbons (Fsp3) is 0.455. The van der Waals surface area contributed by atoms with E-state index in [9.17, 15) is 4.79 Å². The highest BCUT2D eigenvalue weighted by Gasteiger charge is 2.28. The van der Waals surface area contributed by atoms with Gasteiger partial charge < -0.3 is 19.1 Å². The van der Waals surface area contributed by atoms with Gasteiger partial charge in [0.25, 0.3) is 0 Å². The van der Waals surface area contributed by atoms with Crippen molar-refractivity contribution in [2.45, 2.75) is 32.1 Å². The summed E-state index contributed by atoms with van der Waals surface area (Å²) in [6, 6.07) is 3.68. The molecule has 1 saturated heterocycles. The topological polar surface area (TPSA) is 65.3 Å². The molecule has 3 aromatic rings. The van der Waals surface area contributed by atoms with Crippen molar-refractivity contribution in [2.75, 3.05) is 34.4 Å². The second-order valence-corrected chi connectivity index (χ2v) is 8.41. The number of nitrogens with zero attached hydrogens (tertiary/aromatic N) is 3. The van der Waals surface area contributed by atoms with Gasteiger partial charge in [0.1, 0.15) is 10.7 Å². The van der Waals surface area contributed by atoms with E-state index in [-0.39, 0.29) is 11.8 Å². The molecule has 1 amide bonds. The highest BCUT2D eigenvalue weighted by molar-refractivity contribution is 7.15. The minimum absolute atomic E-state index is 0.104. The number of fused-ring (bicyclic) bond motifs is 1. The van der Waals surface area contributed by atoms with Crippen LogP contribution in [-0.2, 0) is 11.2 Å². The smallest absolute Gasteiger partial charge is 0.227 e. The van der Waals surface area contributed by atoms with Crippen LogP contribution >= 0.6 is 11.3 Å². The summed E-state index contributed by atoms with van der Waals surface area (Å²) in [4.78, 5) is 21.1. The number of likely N-dealkylation sites (tertiary alicyclic amines) is 1. The number of hydrogen-bond acceptors (Lipinski definition) is 6. The van der Waals surface area contributed by atoms with Crippen molar-refractivity contribution in [2.24, 2.45) is 0 Å². The van der Waals surface area contributed by atoms with E-state index in [0.717, 1.165) is 36.5 Å². The van der Waals surface area contributed by atoms with Crippen LogP contribution in [0, 0.1) is 6.92 Å². The molecule has 0 radical (unpaired) electrons. The van der Waals surface area contributed by atoms with Gasteiger partial charge in [-0.15, -0.1) is 11.3 Å². The molecular weight excluding hydrogens is 402 g/mol. The second-order valence-electron chi connectivity index (χ2n) is 7.51. The first kappa shape index (κ1) is 20.5. The average molecular weight is 430 g/mol. The maximum absolute atomic E-state index is 13.1. The summed E-state index contributed by atoms with van der Waals surface area (Å²) >= 11 is 1.71. The fourth-order valence-electron chi connectivity index (χ4n) is 4.21. The molecule has 8 heteroatoms. The molecule has 1 aliphatic rings. The van der Waals surface area contributed by atoms with Crippen molar-refractivity contribution in [3.05, 3.63) is 40.8 Å². The molecule has 2 aromatic heterocycles. The third kappa shape index (κ3) is 3.71. The van der Waals surface area contributed by atoms with Crippen molar-refractivity contribution in [1.29, 1.82) is 0 Å². The summed E-state index contributed by atoms with van der Waals surface area (Å²) in [5.41, 5.74) is 1.96. The lowest BCUT2D eigenvalue weighted by atomic mass is 9.94. The Morgan fingerprint density at radius 2 is 1.93 bits per heavy atom. The standard InChI is InChI=1S/C22H27N3O4S/c1-14-23-20(22-25(14)8-9-30-22)16-6-5-7-24(13-16)19(26)12-15-10-17(27-2)21(29-4)18(11-15)28-3/h8-11,16H,5-7,12-13H2,1-4H3. The summed E-state index contributed by atoms with van der Waals surface area (Å²) in [5.74, 6) is 3.03. The van der Waals surface area contributed by atoms with Crippen molar-refractivity contribution in [3.8, 4) is 17.2 Å². The third-order valence-corrected chi connectivity index (χ3v) is 6.59. The van der Waals surface area contributed by atoms with Crippen LogP contribution in [0.1, 0.15) is 35.8 Å². The first-order valence-electron chi connectivity index (χ1n) is 10.0. The summed E-state index contributed by atoms with van der Waals surface area (Å²) in [7, 11) is 4.73. The molecule has 30 heavy (non-hydrogen) atoms. The number of hydrogen-bond donors (Lipinski definition) is 0. The Morgan fingerprint density at radius 3 is 2.60 bits per heavy atom. The molecule has 1 aliphatic heterocycles. The summed E-state index contributed by atoms with van der Waals surface area (Å²) in [6.07, 6.45) is 4.38. The first-order valence-corrected chi connectivity index (χ1v) is 10.9. The van der Waals surface area contributed by atoms with Gasteiger partial charge in [0, 0.05) is 30.6 Å². The van der Waals surface area contributed by atoms with Crippen molar-refractivity contribution < 1.29 is 19.0 Å². The number of aryl methyl sites for hydroxylation is 1. The number of amides is 1. The summed E-state index contributed by atoms with van der Waals surface area (Å²) < 4.78 is 18.3. The molecule has 0 spiro atoms. The minimum atomic E-state index is 0.104. The number of benzene rings is 1. The zero-order valence-corrected chi connectivity index (χ0v) is 18.6. The second kappa shape index (κ2) is 8.55. The van der Waals surface area contributed by atoms with E-state index < -0.39 is 0 Å².